The lowest BCUT2D eigenvalue weighted by Crippen LogP contribution is -2.16. The highest BCUT2D eigenvalue weighted by Crippen LogP contribution is 2.53. The zero-order valence-electron chi connectivity index (χ0n) is 38.8. The third-order valence-corrected chi connectivity index (χ3v) is 15.2. The molecule has 1 heterocycles. The molecule has 11 rings (SSSR count). The molecule has 318 valence electrons. The maximum Gasteiger partial charge on any atom is 0.0640 e. The van der Waals surface area contributed by atoms with Crippen molar-refractivity contribution in [2.75, 3.05) is 4.90 Å². The SMILES string of the molecule is CC(C)(C)c1cc(-c2cccc3cccc(-c4ccccc4N(c4ccccc4-c4ccc5c(c4)C(C)(C)c4ccccc4-5)c4cccc5c4sc4ccccc45)c23)cc(C(C)(C)C)c1. The van der Waals surface area contributed by atoms with Crippen LogP contribution in [0.4, 0.5) is 17.1 Å². The molecular weight excluding hydrogens is 803 g/mol. The van der Waals surface area contributed by atoms with Gasteiger partial charge in [-0.2, -0.15) is 0 Å². The van der Waals surface area contributed by atoms with Crippen LogP contribution in [0, 0.1) is 0 Å². The van der Waals surface area contributed by atoms with E-state index in [2.05, 4.69) is 248 Å². The predicted molar refractivity (Wildman–Crippen MR) is 283 cm³/mol. The van der Waals surface area contributed by atoms with Crippen molar-refractivity contribution in [1.29, 1.82) is 0 Å². The van der Waals surface area contributed by atoms with Gasteiger partial charge in [0.2, 0.25) is 0 Å². The first-order valence-corrected chi connectivity index (χ1v) is 23.9. The second-order valence-corrected chi connectivity index (χ2v) is 21.6. The van der Waals surface area contributed by atoms with Crippen molar-refractivity contribution in [2.24, 2.45) is 0 Å². The van der Waals surface area contributed by atoms with Gasteiger partial charge < -0.3 is 4.90 Å². The van der Waals surface area contributed by atoms with Crippen molar-refractivity contribution in [1.82, 2.24) is 0 Å². The van der Waals surface area contributed by atoms with Crippen molar-refractivity contribution in [3.8, 4) is 44.5 Å². The molecule has 0 amide bonds. The molecule has 0 saturated carbocycles. The number of benzene rings is 9. The molecule has 1 aliphatic rings. The minimum Gasteiger partial charge on any atom is -0.308 e. The van der Waals surface area contributed by atoms with Crippen molar-refractivity contribution in [3.63, 3.8) is 0 Å². The maximum atomic E-state index is 2.56. The quantitative estimate of drug-likeness (QED) is 0.161. The molecule has 0 fully saturated rings. The van der Waals surface area contributed by atoms with Crippen molar-refractivity contribution in [2.45, 2.75) is 71.6 Å². The molecule has 0 N–H and O–H groups in total. The lowest BCUT2D eigenvalue weighted by atomic mass is 9.78. The first kappa shape index (κ1) is 41.0. The monoisotopic (exact) mass is 857 g/mol. The van der Waals surface area contributed by atoms with Crippen LogP contribution < -0.4 is 4.90 Å². The maximum absolute atomic E-state index is 2.56. The van der Waals surface area contributed by atoms with Crippen LogP contribution in [0.25, 0.3) is 75.5 Å². The van der Waals surface area contributed by atoms with Gasteiger partial charge in [0, 0.05) is 32.0 Å². The van der Waals surface area contributed by atoms with E-state index >= 15 is 0 Å². The molecule has 0 saturated heterocycles. The van der Waals surface area contributed by atoms with Gasteiger partial charge in [0.1, 0.15) is 0 Å². The number of thiophene rings is 1. The van der Waals surface area contributed by atoms with Gasteiger partial charge in [-0.25, -0.2) is 0 Å². The van der Waals surface area contributed by atoms with E-state index in [1.807, 2.05) is 11.3 Å². The van der Waals surface area contributed by atoms with Gasteiger partial charge >= 0.3 is 0 Å². The number of para-hydroxylation sites is 2. The fourth-order valence-corrected chi connectivity index (χ4v) is 11.6. The number of anilines is 3. The van der Waals surface area contributed by atoms with Gasteiger partial charge in [0.05, 0.1) is 21.8 Å². The average Bonchev–Trinajstić information content (AvgIpc) is 3.80. The summed E-state index contributed by atoms with van der Waals surface area (Å²) in [6.07, 6.45) is 0. The predicted octanol–water partition coefficient (Wildman–Crippen LogP) is 18.6. The molecule has 1 nitrogen and oxygen atoms in total. The molecule has 0 bridgehead atoms. The summed E-state index contributed by atoms with van der Waals surface area (Å²) in [5, 5.41) is 5.07. The highest BCUT2D eigenvalue weighted by atomic mass is 32.1. The number of hydrogen-bond donors (Lipinski definition) is 0. The molecule has 0 radical (unpaired) electrons. The first-order chi connectivity index (χ1) is 31.3. The van der Waals surface area contributed by atoms with Crippen LogP contribution in [0.1, 0.15) is 77.6 Å². The van der Waals surface area contributed by atoms with E-state index in [1.165, 1.54) is 103 Å². The van der Waals surface area contributed by atoms with Crippen LogP contribution >= 0.6 is 11.3 Å². The van der Waals surface area contributed by atoms with Crippen LogP contribution in [0.2, 0.25) is 0 Å². The Kier molecular flexibility index (Phi) is 9.58. The summed E-state index contributed by atoms with van der Waals surface area (Å²) >= 11 is 1.89. The van der Waals surface area contributed by atoms with Gasteiger partial charge in [-0.3, -0.25) is 0 Å². The number of rotatable bonds is 6. The van der Waals surface area contributed by atoms with E-state index in [9.17, 15) is 0 Å². The minimum atomic E-state index is -0.113. The summed E-state index contributed by atoms with van der Waals surface area (Å²) in [6.45, 7) is 18.7. The standard InChI is InChI=1S/C63H55NS/c1-61(2,3)43-36-42(37-44(39-43)62(4,5)6)46-26-17-20-40-21-18-27-51(59(40)46)49-24-11-15-31-56(49)64(57-32-19-28-52-50-25-12-16-33-58(50)65-60(52)57)55-30-14-10-22-45(55)41-34-35-48-47-23-9-13-29-53(47)63(7,8)54(48)38-41/h9-39H,1-8H3. The molecule has 65 heavy (non-hydrogen) atoms. The normalized spacial score (nSPS) is 13.4. The lowest BCUT2D eigenvalue weighted by Gasteiger charge is -2.31. The van der Waals surface area contributed by atoms with E-state index in [1.54, 1.807) is 0 Å². The average molecular weight is 858 g/mol. The Morgan fingerprint density at radius 1 is 0.400 bits per heavy atom. The van der Waals surface area contributed by atoms with Crippen molar-refractivity contribution < 1.29 is 0 Å². The largest absolute Gasteiger partial charge is 0.308 e. The Balaban J connectivity index is 1.18. The van der Waals surface area contributed by atoms with E-state index in [4.69, 9.17) is 0 Å². The van der Waals surface area contributed by atoms with Crippen molar-refractivity contribution in [3.05, 3.63) is 210 Å². The van der Waals surface area contributed by atoms with Gasteiger partial charge in [-0.05, 0) is 108 Å². The summed E-state index contributed by atoms with van der Waals surface area (Å²) in [5.74, 6) is 0. The zero-order chi connectivity index (χ0) is 44.8. The second-order valence-electron chi connectivity index (χ2n) is 20.6. The van der Waals surface area contributed by atoms with Crippen LogP contribution in [0.3, 0.4) is 0 Å². The number of nitrogens with zero attached hydrogens (tertiary/aromatic N) is 1. The molecule has 0 unspecified atom stereocenters. The summed E-state index contributed by atoms with van der Waals surface area (Å²) in [7, 11) is 0. The summed E-state index contributed by atoms with van der Waals surface area (Å²) in [5.41, 5.74) is 18.8. The molecule has 0 atom stereocenters. The molecule has 9 aromatic carbocycles. The third-order valence-electron chi connectivity index (χ3n) is 14.0. The molecule has 2 heteroatoms. The Labute approximate surface area is 388 Å². The van der Waals surface area contributed by atoms with Crippen LogP contribution in [0.5, 0.6) is 0 Å². The lowest BCUT2D eigenvalue weighted by molar-refractivity contribution is 0.569. The number of fused-ring (bicyclic) bond motifs is 7. The fraction of sp³-hybridized carbons (Fsp3) is 0.175. The van der Waals surface area contributed by atoms with E-state index < -0.39 is 0 Å². The van der Waals surface area contributed by atoms with Crippen LogP contribution in [-0.4, -0.2) is 0 Å². The summed E-state index contributed by atoms with van der Waals surface area (Å²) < 4.78 is 2.57. The smallest absolute Gasteiger partial charge is 0.0640 e. The summed E-state index contributed by atoms with van der Waals surface area (Å²) in [4.78, 5) is 2.56. The minimum absolute atomic E-state index is 0.00387. The Morgan fingerprint density at radius 3 is 1.66 bits per heavy atom. The van der Waals surface area contributed by atoms with Gasteiger partial charge in [0.25, 0.3) is 0 Å². The van der Waals surface area contributed by atoms with E-state index in [0.717, 1.165) is 11.4 Å². The van der Waals surface area contributed by atoms with E-state index in [0.29, 0.717) is 0 Å². The molecular formula is C63H55NS. The van der Waals surface area contributed by atoms with Crippen LogP contribution in [-0.2, 0) is 16.2 Å². The molecule has 0 aliphatic heterocycles. The Morgan fingerprint density at radius 2 is 0.938 bits per heavy atom. The molecule has 1 aromatic heterocycles. The zero-order valence-corrected chi connectivity index (χ0v) is 39.6. The van der Waals surface area contributed by atoms with Crippen molar-refractivity contribution >= 4 is 59.3 Å². The third kappa shape index (κ3) is 6.81. The highest BCUT2D eigenvalue weighted by Gasteiger charge is 2.36. The molecule has 1 aliphatic carbocycles. The summed E-state index contributed by atoms with van der Waals surface area (Å²) in [6, 6.07) is 71.0. The van der Waals surface area contributed by atoms with Gasteiger partial charge in [-0.1, -0.05) is 213 Å². The fourth-order valence-electron chi connectivity index (χ4n) is 10.4. The van der Waals surface area contributed by atoms with Crippen LogP contribution in [0.15, 0.2) is 188 Å². The topological polar surface area (TPSA) is 3.24 Å². The van der Waals surface area contributed by atoms with E-state index in [-0.39, 0.29) is 16.2 Å². The first-order valence-electron chi connectivity index (χ1n) is 23.1. The van der Waals surface area contributed by atoms with Gasteiger partial charge in [-0.15, -0.1) is 11.3 Å². The molecule has 10 aromatic rings. The highest BCUT2D eigenvalue weighted by molar-refractivity contribution is 7.26. The molecule has 0 spiro atoms. The van der Waals surface area contributed by atoms with Gasteiger partial charge in [0.15, 0.2) is 0 Å². The second kappa shape index (κ2) is 15.2. The number of hydrogen-bond acceptors (Lipinski definition) is 2. The Bertz CT molecular complexity index is 3460. The Hall–Kier alpha value is -6.74.